The van der Waals surface area contributed by atoms with Crippen LogP contribution in [0.25, 0.3) is 17.1 Å². The molecular weight excluding hydrogens is 352 g/mol. The number of nitrogens with zero attached hydrogens (tertiary/aromatic N) is 3. The zero-order valence-corrected chi connectivity index (χ0v) is 18.2. The molecule has 0 bridgehead atoms. The average Bonchev–Trinajstić information content (AvgIpc) is 2.85. The highest BCUT2D eigenvalue weighted by Gasteiger charge is 2.25. The smallest absolute Gasteiger partial charge is 0.267 e. The molecule has 6 nitrogen and oxygen atoms in total. The second kappa shape index (κ2) is 8.45. The Balaban J connectivity index is 2.48. The van der Waals surface area contributed by atoms with Crippen LogP contribution >= 0.6 is 0 Å². The van der Waals surface area contributed by atoms with Gasteiger partial charge >= 0.3 is 0 Å². The minimum Gasteiger partial charge on any atom is -0.327 e. The number of fused-ring (bicyclic) bond motifs is 1. The average molecular weight is 387 g/mol. The first-order valence-electron chi connectivity index (χ1n) is 9.66. The van der Waals surface area contributed by atoms with E-state index in [1.54, 1.807) is 11.6 Å². The molecule has 1 amide bonds. The van der Waals surface area contributed by atoms with Gasteiger partial charge in [-0.05, 0) is 48.7 Å². The molecule has 0 aliphatic carbocycles. The van der Waals surface area contributed by atoms with Gasteiger partial charge in [-0.1, -0.05) is 40.7 Å². The lowest BCUT2D eigenvalue weighted by Crippen LogP contribution is -2.33. The van der Waals surface area contributed by atoms with E-state index < -0.39 is 5.91 Å². The fourth-order valence-electron chi connectivity index (χ4n) is 3.63. The van der Waals surface area contributed by atoms with Crippen LogP contribution in [0.1, 0.15) is 46.0 Å². The number of carbonyl (C=O) groups excluding carboxylic acids is 1. The molecule has 0 fully saturated rings. The van der Waals surface area contributed by atoms with Gasteiger partial charge in [0.05, 0.1) is 11.0 Å². The fraction of sp³-hybridized carbons (Fsp3) is 0.545. The van der Waals surface area contributed by atoms with Crippen molar-refractivity contribution in [1.82, 2.24) is 19.9 Å². The lowest BCUT2D eigenvalue weighted by Gasteiger charge is -2.30. The Morgan fingerprint density at radius 1 is 1.25 bits per heavy atom. The molecule has 1 heterocycles. The number of imidazole rings is 1. The molecule has 0 saturated heterocycles. The van der Waals surface area contributed by atoms with E-state index in [4.69, 9.17) is 10.2 Å². The van der Waals surface area contributed by atoms with Gasteiger partial charge in [-0.3, -0.25) is 10.0 Å². The van der Waals surface area contributed by atoms with Crippen LogP contribution in [0.4, 0.5) is 0 Å². The molecule has 2 aromatic rings. The van der Waals surface area contributed by atoms with E-state index in [2.05, 4.69) is 64.2 Å². The summed E-state index contributed by atoms with van der Waals surface area (Å²) < 4.78 is 2.35. The van der Waals surface area contributed by atoms with Crippen LogP contribution in [0.3, 0.4) is 0 Å². The maximum Gasteiger partial charge on any atom is 0.267 e. The second-order valence-electron chi connectivity index (χ2n) is 9.81. The first-order chi connectivity index (χ1) is 12.9. The fourth-order valence-corrected chi connectivity index (χ4v) is 3.63. The number of nitrogens with one attached hydrogen (secondary N) is 1. The number of carbonyl (C=O) groups is 1. The summed E-state index contributed by atoms with van der Waals surface area (Å²) in [6, 6.07) is 6.02. The quantitative estimate of drug-likeness (QED) is 0.432. The number of benzene rings is 1. The van der Waals surface area contributed by atoms with Crippen LogP contribution in [0.15, 0.2) is 24.3 Å². The Labute approximate surface area is 168 Å². The zero-order valence-electron chi connectivity index (χ0n) is 18.2. The summed E-state index contributed by atoms with van der Waals surface area (Å²) in [7, 11) is 4.20. The van der Waals surface area contributed by atoms with E-state index in [1.165, 1.54) is 6.08 Å². The van der Waals surface area contributed by atoms with E-state index in [9.17, 15) is 4.79 Å². The van der Waals surface area contributed by atoms with Crippen LogP contribution in [0, 0.1) is 10.8 Å². The third-order valence-electron chi connectivity index (χ3n) is 4.41. The van der Waals surface area contributed by atoms with Crippen molar-refractivity contribution in [3.05, 3.63) is 35.7 Å². The summed E-state index contributed by atoms with van der Waals surface area (Å²) in [5, 5.41) is 8.63. The van der Waals surface area contributed by atoms with Gasteiger partial charge in [0.25, 0.3) is 5.91 Å². The number of aromatic nitrogens is 2. The Kier molecular flexibility index (Phi) is 6.67. The maximum atomic E-state index is 11.2. The van der Waals surface area contributed by atoms with Crippen LogP contribution in [0.5, 0.6) is 0 Å². The molecule has 2 N–H and O–H groups in total. The molecule has 2 rings (SSSR count). The number of hydroxylamine groups is 1. The van der Waals surface area contributed by atoms with Gasteiger partial charge in [0.2, 0.25) is 0 Å². The summed E-state index contributed by atoms with van der Waals surface area (Å²) in [5.41, 5.74) is 4.73. The topological polar surface area (TPSA) is 70.4 Å². The van der Waals surface area contributed by atoms with Crippen molar-refractivity contribution in [2.45, 2.75) is 47.6 Å². The SMILES string of the molecule is CN(C)CC(C)(C)Cn1c(CC(C)(C)C)nc2cc(C=CC(=O)NO)ccc21. The van der Waals surface area contributed by atoms with Crippen molar-refractivity contribution in [3.63, 3.8) is 0 Å². The molecule has 0 spiro atoms. The first-order valence-corrected chi connectivity index (χ1v) is 9.66. The Hall–Kier alpha value is -2.18. The van der Waals surface area contributed by atoms with Crippen LogP contribution in [-0.4, -0.2) is 46.2 Å². The molecule has 1 aromatic heterocycles. The lowest BCUT2D eigenvalue weighted by atomic mass is 9.90. The molecule has 0 aliphatic rings. The number of hydrogen-bond acceptors (Lipinski definition) is 4. The number of hydrogen-bond donors (Lipinski definition) is 2. The normalized spacial score (nSPS) is 13.0. The minimum absolute atomic E-state index is 0.0988. The maximum absolute atomic E-state index is 11.2. The van der Waals surface area contributed by atoms with Gasteiger partial charge < -0.3 is 9.47 Å². The lowest BCUT2D eigenvalue weighted by molar-refractivity contribution is -0.124. The van der Waals surface area contributed by atoms with Crippen molar-refractivity contribution in [2.75, 3.05) is 20.6 Å². The van der Waals surface area contributed by atoms with Crippen molar-refractivity contribution >= 4 is 23.0 Å². The summed E-state index contributed by atoms with van der Waals surface area (Å²) >= 11 is 0. The minimum atomic E-state index is -0.551. The number of rotatable bonds is 7. The highest BCUT2D eigenvalue weighted by molar-refractivity contribution is 5.91. The van der Waals surface area contributed by atoms with Crippen LogP contribution < -0.4 is 5.48 Å². The van der Waals surface area contributed by atoms with Crippen LogP contribution in [-0.2, 0) is 17.8 Å². The van der Waals surface area contributed by atoms with E-state index in [0.29, 0.717) is 0 Å². The van der Waals surface area contributed by atoms with Crippen molar-refractivity contribution in [1.29, 1.82) is 0 Å². The van der Waals surface area contributed by atoms with E-state index in [1.807, 2.05) is 12.1 Å². The first kappa shape index (κ1) is 22.1. The molecule has 6 heteroatoms. The van der Waals surface area contributed by atoms with Gasteiger partial charge in [-0.2, -0.15) is 0 Å². The highest BCUT2D eigenvalue weighted by atomic mass is 16.5. The molecule has 0 aliphatic heterocycles. The largest absolute Gasteiger partial charge is 0.327 e. The summed E-state index contributed by atoms with van der Waals surface area (Å²) in [4.78, 5) is 18.4. The van der Waals surface area contributed by atoms with Gasteiger partial charge in [-0.15, -0.1) is 0 Å². The predicted molar refractivity (Wildman–Crippen MR) is 114 cm³/mol. The van der Waals surface area contributed by atoms with E-state index in [0.717, 1.165) is 41.9 Å². The third-order valence-corrected chi connectivity index (χ3v) is 4.41. The molecule has 154 valence electrons. The molecular formula is C22H34N4O2. The third kappa shape index (κ3) is 6.17. The van der Waals surface area contributed by atoms with Gasteiger partial charge in [0.1, 0.15) is 5.82 Å². The summed E-state index contributed by atoms with van der Waals surface area (Å²) in [6.45, 7) is 13.1. The molecule has 0 saturated carbocycles. The monoisotopic (exact) mass is 386 g/mol. The van der Waals surface area contributed by atoms with Crippen molar-refractivity contribution < 1.29 is 10.0 Å². The summed E-state index contributed by atoms with van der Waals surface area (Å²) in [6.07, 6.45) is 3.86. The van der Waals surface area contributed by atoms with Crippen molar-refractivity contribution in [2.24, 2.45) is 10.8 Å². The zero-order chi connectivity index (χ0) is 21.1. The predicted octanol–water partition coefficient (Wildman–Crippen LogP) is 3.73. The van der Waals surface area contributed by atoms with Gasteiger partial charge in [0.15, 0.2) is 0 Å². The molecule has 0 radical (unpaired) electrons. The Morgan fingerprint density at radius 3 is 2.50 bits per heavy atom. The highest BCUT2D eigenvalue weighted by Crippen LogP contribution is 2.29. The van der Waals surface area contributed by atoms with E-state index in [-0.39, 0.29) is 10.8 Å². The standard InChI is InChI=1S/C22H34N4O2/c1-21(2,3)13-19-23-17-12-16(9-11-20(27)24-28)8-10-18(17)26(19)15-22(4,5)14-25(6)7/h8-12,28H,13-15H2,1-7H3,(H,24,27). The van der Waals surface area contributed by atoms with E-state index >= 15 is 0 Å². The molecule has 0 unspecified atom stereocenters. The van der Waals surface area contributed by atoms with Crippen molar-refractivity contribution in [3.8, 4) is 0 Å². The van der Waals surface area contributed by atoms with Gasteiger partial charge in [-0.25, -0.2) is 10.5 Å². The van der Waals surface area contributed by atoms with Crippen LogP contribution in [0.2, 0.25) is 0 Å². The Morgan fingerprint density at radius 2 is 1.93 bits per heavy atom. The number of amides is 1. The molecule has 0 atom stereocenters. The second-order valence-corrected chi connectivity index (χ2v) is 9.81. The Bertz CT molecular complexity index is 857. The molecule has 28 heavy (non-hydrogen) atoms. The molecule has 1 aromatic carbocycles. The summed E-state index contributed by atoms with van der Waals surface area (Å²) in [5.74, 6) is 0.535. The van der Waals surface area contributed by atoms with Gasteiger partial charge in [0, 0.05) is 25.6 Å².